The molecule has 0 saturated heterocycles. The zero-order valence-electron chi connectivity index (χ0n) is 11.6. The SMILES string of the molecule is O=c1[nH]c2ccccc2c2sc(OCc3ccncc3)cc12. The second-order valence-electron chi connectivity index (χ2n) is 4.95. The maximum absolute atomic E-state index is 12.2. The lowest BCUT2D eigenvalue weighted by Crippen LogP contribution is -2.04. The molecule has 0 spiro atoms. The zero-order chi connectivity index (χ0) is 14.9. The van der Waals surface area contributed by atoms with Gasteiger partial charge in [0.25, 0.3) is 5.56 Å². The number of hydrogen-bond donors (Lipinski definition) is 1. The number of nitrogens with zero attached hydrogens (tertiary/aromatic N) is 1. The number of H-pyrrole nitrogens is 1. The van der Waals surface area contributed by atoms with Crippen molar-refractivity contribution < 1.29 is 4.74 Å². The van der Waals surface area contributed by atoms with Gasteiger partial charge in [-0.1, -0.05) is 29.5 Å². The van der Waals surface area contributed by atoms with Gasteiger partial charge in [0.2, 0.25) is 0 Å². The Kier molecular flexibility index (Phi) is 3.12. The van der Waals surface area contributed by atoms with Gasteiger partial charge in [-0.15, -0.1) is 0 Å². The summed E-state index contributed by atoms with van der Waals surface area (Å²) < 4.78 is 6.78. The lowest BCUT2D eigenvalue weighted by molar-refractivity contribution is 0.316. The van der Waals surface area contributed by atoms with Gasteiger partial charge >= 0.3 is 0 Å². The van der Waals surface area contributed by atoms with Crippen LogP contribution < -0.4 is 10.3 Å². The van der Waals surface area contributed by atoms with E-state index in [-0.39, 0.29) is 5.56 Å². The molecule has 1 aromatic carbocycles. The summed E-state index contributed by atoms with van der Waals surface area (Å²) in [6.45, 7) is 0.463. The molecule has 108 valence electrons. The van der Waals surface area contributed by atoms with E-state index in [2.05, 4.69) is 9.97 Å². The maximum Gasteiger partial charge on any atom is 0.257 e. The molecule has 5 heteroatoms. The highest BCUT2D eigenvalue weighted by Gasteiger charge is 2.10. The summed E-state index contributed by atoms with van der Waals surface area (Å²) in [4.78, 5) is 19.1. The number of hydrogen-bond acceptors (Lipinski definition) is 4. The minimum absolute atomic E-state index is 0.0799. The molecule has 0 radical (unpaired) electrons. The van der Waals surface area contributed by atoms with Crippen molar-refractivity contribution in [3.63, 3.8) is 0 Å². The second kappa shape index (κ2) is 5.27. The van der Waals surface area contributed by atoms with Gasteiger partial charge in [-0.2, -0.15) is 0 Å². The van der Waals surface area contributed by atoms with E-state index >= 15 is 0 Å². The van der Waals surface area contributed by atoms with Gasteiger partial charge in [-0.3, -0.25) is 9.78 Å². The quantitative estimate of drug-likeness (QED) is 0.627. The van der Waals surface area contributed by atoms with Crippen molar-refractivity contribution in [2.75, 3.05) is 0 Å². The van der Waals surface area contributed by atoms with Crippen LogP contribution in [0, 0.1) is 0 Å². The molecular weight excluding hydrogens is 296 g/mol. The maximum atomic E-state index is 12.2. The molecular formula is C17H12N2O2S. The third kappa shape index (κ3) is 2.25. The van der Waals surface area contributed by atoms with Crippen LogP contribution in [0.3, 0.4) is 0 Å². The molecule has 1 N–H and O–H groups in total. The monoisotopic (exact) mass is 308 g/mol. The highest BCUT2D eigenvalue weighted by Crippen LogP contribution is 2.34. The zero-order valence-corrected chi connectivity index (χ0v) is 12.4. The highest BCUT2D eigenvalue weighted by molar-refractivity contribution is 7.21. The van der Waals surface area contributed by atoms with E-state index in [0.717, 1.165) is 26.2 Å². The van der Waals surface area contributed by atoms with E-state index in [1.165, 1.54) is 11.3 Å². The van der Waals surface area contributed by atoms with Gasteiger partial charge in [0.05, 0.1) is 10.1 Å². The molecule has 0 amide bonds. The van der Waals surface area contributed by atoms with Crippen LogP contribution in [0.25, 0.3) is 21.0 Å². The van der Waals surface area contributed by atoms with Gasteiger partial charge in [0, 0.05) is 29.4 Å². The number of rotatable bonds is 3. The van der Waals surface area contributed by atoms with Crippen LogP contribution in [-0.4, -0.2) is 9.97 Å². The third-order valence-corrected chi connectivity index (χ3v) is 4.59. The molecule has 22 heavy (non-hydrogen) atoms. The fourth-order valence-corrected chi connectivity index (χ4v) is 3.47. The van der Waals surface area contributed by atoms with Crippen molar-refractivity contribution in [3.05, 3.63) is 70.8 Å². The molecule has 3 heterocycles. The van der Waals surface area contributed by atoms with Crippen LogP contribution in [0.15, 0.2) is 59.7 Å². The molecule has 4 nitrogen and oxygen atoms in total. The van der Waals surface area contributed by atoms with E-state index < -0.39 is 0 Å². The van der Waals surface area contributed by atoms with Gasteiger partial charge in [-0.25, -0.2) is 0 Å². The summed E-state index contributed by atoms with van der Waals surface area (Å²) in [5.74, 6) is 0. The first-order chi connectivity index (χ1) is 10.8. The first kappa shape index (κ1) is 13.0. The van der Waals surface area contributed by atoms with Gasteiger partial charge in [0.15, 0.2) is 5.06 Å². The number of benzene rings is 1. The number of aromatic nitrogens is 2. The Balaban J connectivity index is 1.75. The highest BCUT2D eigenvalue weighted by atomic mass is 32.1. The van der Waals surface area contributed by atoms with Gasteiger partial charge in [-0.05, 0) is 23.8 Å². The van der Waals surface area contributed by atoms with Crippen molar-refractivity contribution in [1.29, 1.82) is 0 Å². The summed E-state index contributed by atoms with van der Waals surface area (Å²) in [6, 6.07) is 13.4. The number of fused-ring (bicyclic) bond motifs is 3. The minimum atomic E-state index is -0.0799. The normalized spacial score (nSPS) is 11.1. The van der Waals surface area contributed by atoms with E-state index in [1.807, 2.05) is 42.5 Å². The third-order valence-electron chi connectivity index (χ3n) is 3.50. The lowest BCUT2D eigenvalue weighted by Gasteiger charge is -2.02. The van der Waals surface area contributed by atoms with Crippen LogP contribution in [0.1, 0.15) is 5.56 Å². The molecule has 0 aliphatic rings. The Morgan fingerprint density at radius 1 is 1.09 bits per heavy atom. The fraction of sp³-hybridized carbons (Fsp3) is 0.0588. The molecule has 4 aromatic rings. The topological polar surface area (TPSA) is 55.0 Å². The Morgan fingerprint density at radius 3 is 2.77 bits per heavy atom. The van der Waals surface area contributed by atoms with Crippen molar-refractivity contribution in [3.8, 4) is 5.06 Å². The van der Waals surface area contributed by atoms with Crippen LogP contribution in [0.4, 0.5) is 0 Å². The number of pyridine rings is 2. The van der Waals surface area contributed by atoms with Gasteiger partial charge < -0.3 is 9.72 Å². The standard InChI is InChI=1S/C17H12N2O2S/c20-17-13-9-15(21-10-11-5-7-18-8-6-11)22-16(13)12-3-1-2-4-14(12)19-17/h1-9H,10H2,(H,19,20). The van der Waals surface area contributed by atoms with Crippen molar-refractivity contribution in [1.82, 2.24) is 9.97 Å². The lowest BCUT2D eigenvalue weighted by atomic mass is 10.2. The molecule has 0 aliphatic heterocycles. The first-order valence-electron chi connectivity index (χ1n) is 6.87. The van der Waals surface area contributed by atoms with Crippen molar-refractivity contribution in [2.45, 2.75) is 6.61 Å². The summed E-state index contributed by atoms with van der Waals surface area (Å²) in [5, 5.41) is 2.46. The Hall–Kier alpha value is -2.66. The molecule has 0 fully saturated rings. The van der Waals surface area contributed by atoms with Crippen LogP contribution >= 0.6 is 11.3 Å². The average molecular weight is 308 g/mol. The van der Waals surface area contributed by atoms with E-state index in [1.54, 1.807) is 12.4 Å². The first-order valence-corrected chi connectivity index (χ1v) is 7.69. The number of ether oxygens (including phenoxy) is 1. The van der Waals surface area contributed by atoms with Crippen LogP contribution in [-0.2, 0) is 6.61 Å². The summed E-state index contributed by atoms with van der Waals surface area (Å²) >= 11 is 1.50. The Morgan fingerprint density at radius 2 is 1.91 bits per heavy atom. The summed E-state index contributed by atoms with van der Waals surface area (Å²) in [7, 11) is 0. The Labute approximate surface area is 130 Å². The molecule has 0 saturated carbocycles. The van der Waals surface area contributed by atoms with E-state index in [4.69, 9.17) is 4.74 Å². The molecule has 3 aromatic heterocycles. The summed E-state index contributed by atoms with van der Waals surface area (Å²) in [6.07, 6.45) is 3.48. The van der Waals surface area contributed by atoms with Gasteiger partial charge in [0.1, 0.15) is 6.61 Å². The summed E-state index contributed by atoms with van der Waals surface area (Å²) in [5.41, 5.74) is 1.82. The molecule has 4 rings (SSSR count). The predicted molar refractivity (Wildman–Crippen MR) is 88.5 cm³/mol. The molecule has 0 aliphatic carbocycles. The average Bonchev–Trinajstić information content (AvgIpc) is 2.99. The molecule has 0 bridgehead atoms. The van der Waals surface area contributed by atoms with Crippen molar-refractivity contribution in [2.24, 2.45) is 0 Å². The van der Waals surface area contributed by atoms with Crippen molar-refractivity contribution >= 4 is 32.3 Å². The van der Waals surface area contributed by atoms with E-state index in [0.29, 0.717) is 12.0 Å². The number of thiophene rings is 1. The smallest absolute Gasteiger partial charge is 0.257 e. The second-order valence-corrected chi connectivity index (χ2v) is 5.97. The number of para-hydroxylation sites is 1. The largest absolute Gasteiger partial charge is 0.479 e. The number of aromatic amines is 1. The fourth-order valence-electron chi connectivity index (χ4n) is 2.42. The molecule has 0 atom stereocenters. The Bertz CT molecular complexity index is 1010. The predicted octanol–water partition coefficient (Wildman–Crippen LogP) is 3.72. The number of nitrogens with one attached hydrogen (secondary N) is 1. The van der Waals surface area contributed by atoms with Crippen LogP contribution in [0.2, 0.25) is 0 Å². The molecule has 0 unspecified atom stereocenters. The van der Waals surface area contributed by atoms with E-state index in [9.17, 15) is 4.79 Å². The minimum Gasteiger partial charge on any atom is -0.479 e. The van der Waals surface area contributed by atoms with Crippen LogP contribution in [0.5, 0.6) is 5.06 Å².